The summed E-state index contributed by atoms with van der Waals surface area (Å²) in [5, 5.41) is 0. The van der Waals surface area contributed by atoms with Crippen molar-refractivity contribution in [2.75, 3.05) is 5.73 Å². The van der Waals surface area contributed by atoms with Crippen LogP contribution in [0.25, 0.3) is 0 Å². The highest BCUT2D eigenvalue weighted by Crippen LogP contribution is 2.16. The maximum atomic E-state index is 5.88. The SMILES string of the molecule is CC(C)[C@@H](N)c1ccc(N)cn1. The molecular weight excluding hydrogens is 150 g/mol. The van der Waals surface area contributed by atoms with Crippen LogP contribution in [0.5, 0.6) is 0 Å². The third-order valence-corrected chi connectivity index (χ3v) is 1.87. The van der Waals surface area contributed by atoms with E-state index in [0.717, 1.165) is 5.69 Å². The van der Waals surface area contributed by atoms with Gasteiger partial charge in [0.1, 0.15) is 0 Å². The van der Waals surface area contributed by atoms with Crippen LogP contribution in [-0.2, 0) is 0 Å². The number of hydrogen-bond donors (Lipinski definition) is 2. The van der Waals surface area contributed by atoms with Crippen LogP contribution in [0.1, 0.15) is 25.6 Å². The molecule has 3 heteroatoms. The van der Waals surface area contributed by atoms with E-state index in [-0.39, 0.29) is 6.04 Å². The zero-order chi connectivity index (χ0) is 9.14. The smallest absolute Gasteiger partial charge is 0.0575 e. The minimum atomic E-state index is 0.00519. The van der Waals surface area contributed by atoms with Gasteiger partial charge in [0.15, 0.2) is 0 Å². The number of pyridine rings is 1. The number of aromatic nitrogens is 1. The van der Waals surface area contributed by atoms with Gasteiger partial charge in [-0.3, -0.25) is 4.98 Å². The van der Waals surface area contributed by atoms with Gasteiger partial charge in [-0.15, -0.1) is 0 Å². The van der Waals surface area contributed by atoms with Gasteiger partial charge in [0.2, 0.25) is 0 Å². The normalized spacial score (nSPS) is 13.3. The highest BCUT2D eigenvalue weighted by atomic mass is 14.8. The number of anilines is 1. The van der Waals surface area contributed by atoms with E-state index in [0.29, 0.717) is 11.6 Å². The third kappa shape index (κ3) is 1.95. The molecule has 0 aromatic carbocycles. The molecule has 0 radical (unpaired) electrons. The zero-order valence-electron chi connectivity index (χ0n) is 7.49. The van der Waals surface area contributed by atoms with Crippen LogP contribution >= 0.6 is 0 Å². The summed E-state index contributed by atoms with van der Waals surface area (Å²) in [5.41, 5.74) is 13.0. The Bertz CT molecular complexity index is 240. The Morgan fingerprint density at radius 2 is 2.00 bits per heavy atom. The van der Waals surface area contributed by atoms with Crippen LogP contribution < -0.4 is 11.5 Å². The first-order valence-electron chi connectivity index (χ1n) is 4.08. The van der Waals surface area contributed by atoms with Gasteiger partial charge in [0, 0.05) is 6.04 Å². The maximum Gasteiger partial charge on any atom is 0.0575 e. The molecule has 0 fully saturated rings. The first-order valence-corrected chi connectivity index (χ1v) is 4.08. The number of nitrogens with zero attached hydrogens (tertiary/aromatic N) is 1. The van der Waals surface area contributed by atoms with Crippen molar-refractivity contribution in [3.8, 4) is 0 Å². The van der Waals surface area contributed by atoms with Crippen molar-refractivity contribution in [1.29, 1.82) is 0 Å². The van der Waals surface area contributed by atoms with Gasteiger partial charge in [0.05, 0.1) is 17.6 Å². The molecule has 0 aliphatic heterocycles. The average Bonchev–Trinajstić information content (AvgIpc) is 2.04. The third-order valence-electron chi connectivity index (χ3n) is 1.87. The number of nitrogens with two attached hydrogens (primary N) is 2. The summed E-state index contributed by atoms with van der Waals surface area (Å²) in [7, 11) is 0. The largest absolute Gasteiger partial charge is 0.397 e. The predicted octanol–water partition coefficient (Wildman–Crippen LogP) is 1.32. The Balaban J connectivity index is 2.82. The minimum absolute atomic E-state index is 0.00519. The van der Waals surface area contributed by atoms with E-state index >= 15 is 0 Å². The Labute approximate surface area is 72.8 Å². The van der Waals surface area contributed by atoms with Crippen LogP contribution in [0.2, 0.25) is 0 Å². The quantitative estimate of drug-likeness (QED) is 0.694. The van der Waals surface area contributed by atoms with Crippen molar-refractivity contribution < 1.29 is 0 Å². The van der Waals surface area contributed by atoms with E-state index in [1.165, 1.54) is 0 Å². The maximum absolute atomic E-state index is 5.88. The molecule has 0 saturated carbocycles. The van der Waals surface area contributed by atoms with Crippen LogP contribution in [0.15, 0.2) is 18.3 Å². The van der Waals surface area contributed by atoms with Crippen molar-refractivity contribution in [1.82, 2.24) is 4.98 Å². The van der Waals surface area contributed by atoms with E-state index in [1.54, 1.807) is 6.20 Å². The first-order chi connectivity index (χ1) is 5.61. The number of nitrogen functional groups attached to an aromatic ring is 1. The first kappa shape index (κ1) is 9.00. The molecule has 1 aromatic heterocycles. The molecule has 0 amide bonds. The molecule has 0 saturated heterocycles. The molecule has 0 aliphatic rings. The fourth-order valence-corrected chi connectivity index (χ4v) is 0.955. The monoisotopic (exact) mass is 165 g/mol. The van der Waals surface area contributed by atoms with Gasteiger partial charge in [-0.1, -0.05) is 13.8 Å². The molecule has 0 aliphatic carbocycles. The lowest BCUT2D eigenvalue weighted by Gasteiger charge is -2.14. The van der Waals surface area contributed by atoms with Crippen molar-refractivity contribution >= 4 is 5.69 Å². The minimum Gasteiger partial charge on any atom is -0.397 e. The fraction of sp³-hybridized carbons (Fsp3) is 0.444. The highest BCUT2D eigenvalue weighted by Gasteiger charge is 2.10. The van der Waals surface area contributed by atoms with Gasteiger partial charge in [-0.25, -0.2) is 0 Å². The Hall–Kier alpha value is -1.09. The summed E-state index contributed by atoms with van der Waals surface area (Å²) in [4.78, 5) is 4.15. The van der Waals surface area contributed by atoms with Crippen LogP contribution in [0, 0.1) is 5.92 Å². The predicted molar refractivity (Wildman–Crippen MR) is 50.4 cm³/mol. The topological polar surface area (TPSA) is 64.9 Å². The highest BCUT2D eigenvalue weighted by molar-refractivity contribution is 5.35. The van der Waals surface area contributed by atoms with Gasteiger partial charge in [-0.05, 0) is 18.1 Å². The molecular formula is C9H15N3. The van der Waals surface area contributed by atoms with Crippen LogP contribution in [0.4, 0.5) is 5.69 Å². The molecule has 1 rings (SSSR count). The molecule has 1 aromatic rings. The summed E-state index contributed by atoms with van der Waals surface area (Å²) >= 11 is 0. The van der Waals surface area contributed by atoms with Gasteiger partial charge < -0.3 is 11.5 Å². The van der Waals surface area contributed by atoms with E-state index in [9.17, 15) is 0 Å². The average molecular weight is 165 g/mol. The van der Waals surface area contributed by atoms with Crippen molar-refractivity contribution in [3.05, 3.63) is 24.0 Å². The number of rotatable bonds is 2. The molecule has 12 heavy (non-hydrogen) atoms. The van der Waals surface area contributed by atoms with E-state index in [4.69, 9.17) is 11.5 Å². The molecule has 0 bridgehead atoms. The number of hydrogen-bond acceptors (Lipinski definition) is 3. The second kappa shape index (κ2) is 3.54. The summed E-state index contributed by atoms with van der Waals surface area (Å²) in [6.45, 7) is 4.14. The molecule has 0 unspecified atom stereocenters. The summed E-state index contributed by atoms with van der Waals surface area (Å²) in [5.74, 6) is 0.404. The summed E-state index contributed by atoms with van der Waals surface area (Å²) < 4.78 is 0. The summed E-state index contributed by atoms with van der Waals surface area (Å²) in [6, 6.07) is 3.70. The molecule has 3 nitrogen and oxygen atoms in total. The van der Waals surface area contributed by atoms with E-state index in [2.05, 4.69) is 18.8 Å². The van der Waals surface area contributed by atoms with Crippen molar-refractivity contribution in [2.45, 2.75) is 19.9 Å². The van der Waals surface area contributed by atoms with Crippen molar-refractivity contribution in [3.63, 3.8) is 0 Å². The second-order valence-electron chi connectivity index (χ2n) is 3.29. The van der Waals surface area contributed by atoms with Crippen LogP contribution in [-0.4, -0.2) is 4.98 Å². The van der Waals surface area contributed by atoms with Gasteiger partial charge in [0.25, 0.3) is 0 Å². The Morgan fingerprint density at radius 3 is 2.42 bits per heavy atom. The van der Waals surface area contributed by atoms with E-state index in [1.807, 2.05) is 12.1 Å². The second-order valence-corrected chi connectivity index (χ2v) is 3.29. The molecule has 0 spiro atoms. The standard InChI is InChI=1S/C9H15N3/c1-6(2)9(11)8-4-3-7(10)5-12-8/h3-6,9H,10-11H2,1-2H3/t9-/m1/s1. The van der Waals surface area contributed by atoms with Gasteiger partial charge in [-0.2, -0.15) is 0 Å². The molecule has 66 valence electrons. The van der Waals surface area contributed by atoms with E-state index < -0.39 is 0 Å². The van der Waals surface area contributed by atoms with Crippen LogP contribution in [0.3, 0.4) is 0 Å². The lowest BCUT2D eigenvalue weighted by atomic mass is 10.0. The zero-order valence-corrected chi connectivity index (χ0v) is 7.49. The molecule has 4 N–H and O–H groups in total. The molecule has 1 heterocycles. The summed E-state index contributed by atoms with van der Waals surface area (Å²) in [6.07, 6.45) is 1.64. The lowest BCUT2D eigenvalue weighted by Crippen LogP contribution is -2.17. The molecule has 1 atom stereocenters. The lowest BCUT2D eigenvalue weighted by molar-refractivity contribution is 0.503. The fourth-order valence-electron chi connectivity index (χ4n) is 0.955. The Morgan fingerprint density at radius 1 is 1.33 bits per heavy atom. The Kier molecular flexibility index (Phi) is 2.65. The van der Waals surface area contributed by atoms with Gasteiger partial charge >= 0.3 is 0 Å². The van der Waals surface area contributed by atoms with Crippen molar-refractivity contribution in [2.24, 2.45) is 11.7 Å².